The Kier molecular flexibility index (Phi) is 4.69. The highest BCUT2D eigenvalue weighted by Gasteiger charge is 2.30. The lowest BCUT2D eigenvalue weighted by Crippen LogP contribution is -2.42. The van der Waals surface area contributed by atoms with E-state index in [0.717, 1.165) is 25.0 Å². The van der Waals surface area contributed by atoms with Gasteiger partial charge in [-0.2, -0.15) is 0 Å². The first kappa shape index (κ1) is 13.7. The Morgan fingerprint density at radius 3 is 2.84 bits per heavy atom. The van der Waals surface area contributed by atoms with Gasteiger partial charge < -0.3 is 10.1 Å². The summed E-state index contributed by atoms with van der Waals surface area (Å²) < 4.78 is 5.45. The number of thioether (sulfide) groups is 1. The fourth-order valence-electron chi connectivity index (χ4n) is 3.53. The van der Waals surface area contributed by atoms with Crippen molar-refractivity contribution in [2.75, 3.05) is 19.0 Å². The Bertz CT molecular complexity index is 328. The lowest BCUT2D eigenvalue weighted by Gasteiger charge is -2.35. The molecule has 1 saturated carbocycles. The van der Waals surface area contributed by atoms with Crippen molar-refractivity contribution in [2.24, 2.45) is 16.8 Å². The molecule has 0 amide bonds. The normalized spacial score (nSPS) is 34.3. The van der Waals surface area contributed by atoms with E-state index in [2.05, 4.69) is 12.2 Å². The van der Waals surface area contributed by atoms with E-state index in [9.17, 15) is 0 Å². The summed E-state index contributed by atoms with van der Waals surface area (Å²) in [5.41, 5.74) is 0. The summed E-state index contributed by atoms with van der Waals surface area (Å²) >= 11 is 1.95. The third-order valence-corrected chi connectivity index (χ3v) is 6.00. The van der Waals surface area contributed by atoms with Crippen molar-refractivity contribution >= 4 is 16.9 Å². The smallest absolute Gasteiger partial charge is 0.157 e. The first-order valence-electron chi connectivity index (χ1n) is 7.88. The van der Waals surface area contributed by atoms with Crippen molar-refractivity contribution in [3.63, 3.8) is 0 Å². The van der Waals surface area contributed by atoms with Crippen LogP contribution in [0.1, 0.15) is 45.4 Å². The zero-order valence-corrected chi connectivity index (χ0v) is 12.8. The molecule has 2 heterocycles. The molecule has 0 radical (unpaired) electrons. The Morgan fingerprint density at radius 1 is 1.21 bits per heavy atom. The van der Waals surface area contributed by atoms with Crippen molar-refractivity contribution < 1.29 is 4.74 Å². The van der Waals surface area contributed by atoms with Gasteiger partial charge in [-0.25, -0.2) is 0 Å². The van der Waals surface area contributed by atoms with Gasteiger partial charge >= 0.3 is 0 Å². The molecule has 108 valence electrons. The van der Waals surface area contributed by atoms with Gasteiger partial charge in [0.1, 0.15) is 0 Å². The molecular formula is C15H26N2OS. The van der Waals surface area contributed by atoms with Crippen LogP contribution in [0.15, 0.2) is 4.99 Å². The molecule has 3 aliphatic rings. The predicted molar refractivity (Wildman–Crippen MR) is 81.8 cm³/mol. The highest BCUT2D eigenvalue weighted by Crippen LogP contribution is 2.34. The van der Waals surface area contributed by atoms with Gasteiger partial charge in [0.05, 0.1) is 6.04 Å². The standard InChI is InChI=1S/C15H26N2OS/c1-11(12-6-8-18-9-7-12)16-15-17-14-5-3-2-4-13(14)10-19-15/h11-14H,2-10H2,1H3,(H,16,17). The van der Waals surface area contributed by atoms with Gasteiger partial charge in [-0.15, -0.1) is 0 Å². The van der Waals surface area contributed by atoms with Gasteiger partial charge in [0.25, 0.3) is 0 Å². The van der Waals surface area contributed by atoms with Crippen LogP contribution in [0, 0.1) is 11.8 Å². The minimum Gasteiger partial charge on any atom is -0.381 e. The second kappa shape index (κ2) is 6.49. The molecular weight excluding hydrogens is 256 g/mol. The van der Waals surface area contributed by atoms with Crippen LogP contribution in [0.4, 0.5) is 0 Å². The number of amidine groups is 1. The highest BCUT2D eigenvalue weighted by atomic mass is 32.2. The van der Waals surface area contributed by atoms with E-state index in [-0.39, 0.29) is 0 Å². The lowest BCUT2D eigenvalue weighted by atomic mass is 9.86. The topological polar surface area (TPSA) is 33.6 Å². The van der Waals surface area contributed by atoms with Crippen LogP contribution in [0.5, 0.6) is 0 Å². The number of aliphatic imine (C=N–C) groups is 1. The molecule has 0 aromatic heterocycles. The number of fused-ring (bicyclic) bond motifs is 1. The van der Waals surface area contributed by atoms with Crippen LogP contribution in [-0.2, 0) is 4.74 Å². The summed E-state index contributed by atoms with van der Waals surface area (Å²) in [6, 6.07) is 1.15. The molecule has 3 atom stereocenters. The van der Waals surface area contributed by atoms with Crippen LogP contribution < -0.4 is 5.32 Å². The van der Waals surface area contributed by atoms with Gasteiger partial charge in [-0.05, 0) is 44.4 Å². The quantitative estimate of drug-likeness (QED) is 0.845. The third-order valence-electron chi connectivity index (χ3n) is 4.91. The van der Waals surface area contributed by atoms with Crippen molar-refractivity contribution in [3.05, 3.63) is 0 Å². The summed E-state index contributed by atoms with van der Waals surface area (Å²) in [7, 11) is 0. The Labute approximate surface area is 121 Å². The van der Waals surface area contributed by atoms with E-state index in [1.165, 1.54) is 49.4 Å². The van der Waals surface area contributed by atoms with E-state index in [1.54, 1.807) is 0 Å². The maximum Gasteiger partial charge on any atom is 0.157 e. The number of rotatable bonds is 2. The van der Waals surface area contributed by atoms with Gasteiger partial charge in [0, 0.05) is 25.0 Å². The number of hydrogen-bond acceptors (Lipinski definition) is 4. The molecule has 3 unspecified atom stereocenters. The molecule has 4 heteroatoms. The lowest BCUT2D eigenvalue weighted by molar-refractivity contribution is 0.0583. The molecule has 0 spiro atoms. The van der Waals surface area contributed by atoms with E-state index in [0.29, 0.717) is 12.1 Å². The van der Waals surface area contributed by atoms with Gasteiger partial charge in [-0.1, -0.05) is 24.6 Å². The second-order valence-electron chi connectivity index (χ2n) is 6.24. The number of nitrogens with one attached hydrogen (secondary N) is 1. The van der Waals surface area contributed by atoms with Gasteiger partial charge in [0.2, 0.25) is 0 Å². The van der Waals surface area contributed by atoms with Crippen molar-refractivity contribution in [1.29, 1.82) is 0 Å². The highest BCUT2D eigenvalue weighted by molar-refractivity contribution is 8.13. The van der Waals surface area contributed by atoms with E-state index in [1.807, 2.05) is 11.8 Å². The average Bonchev–Trinajstić information content (AvgIpc) is 2.48. The van der Waals surface area contributed by atoms with Crippen LogP contribution in [0.3, 0.4) is 0 Å². The SMILES string of the molecule is CC(NC1=NC2CCCCC2CS1)C1CCOCC1. The third kappa shape index (κ3) is 3.46. The summed E-state index contributed by atoms with van der Waals surface area (Å²) in [5, 5.41) is 4.89. The minimum absolute atomic E-state index is 0.537. The molecule has 2 aliphatic heterocycles. The fraction of sp³-hybridized carbons (Fsp3) is 0.933. The maximum atomic E-state index is 5.45. The number of hydrogen-bond donors (Lipinski definition) is 1. The van der Waals surface area contributed by atoms with Crippen LogP contribution in [0.25, 0.3) is 0 Å². The molecule has 0 aromatic rings. The summed E-state index contributed by atoms with van der Waals surface area (Å²) in [4.78, 5) is 4.98. The maximum absolute atomic E-state index is 5.45. The number of nitrogens with zero attached hydrogens (tertiary/aromatic N) is 1. The molecule has 3 rings (SSSR count). The van der Waals surface area contributed by atoms with Crippen LogP contribution in [-0.4, -0.2) is 36.2 Å². The number of ether oxygens (including phenoxy) is 1. The molecule has 1 aliphatic carbocycles. The largest absolute Gasteiger partial charge is 0.381 e. The Balaban J connectivity index is 1.55. The van der Waals surface area contributed by atoms with E-state index in [4.69, 9.17) is 9.73 Å². The molecule has 1 saturated heterocycles. The van der Waals surface area contributed by atoms with E-state index < -0.39 is 0 Å². The molecule has 1 N–H and O–H groups in total. The fourth-order valence-corrected chi connectivity index (χ4v) is 4.77. The minimum atomic E-state index is 0.537. The molecule has 0 aromatic carbocycles. The van der Waals surface area contributed by atoms with Gasteiger partial charge in [0.15, 0.2) is 5.17 Å². The summed E-state index contributed by atoms with van der Waals surface area (Å²) in [5.74, 6) is 2.88. The monoisotopic (exact) mass is 282 g/mol. The van der Waals surface area contributed by atoms with Crippen molar-refractivity contribution in [2.45, 2.75) is 57.5 Å². The Hall–Kier alpha value is -0.220. The van der Waals surface area contributed by atoms with Crippen molar-refractivity contribution in [3.8, 4) is 0 Å². The first-order chi connectivity index (χ1) is 9.33. The molecule has 3 nitrogen and oxygen atoms in total. The van der Waals surface area contributed by atoms with Crippen LogP contribution >= 0.6 is 11.8 Å². The van der Waals surface area contributed by atoms with Crippen molar-refractivity contribution in [1.82, 2.24) is 5.32 Å². The summed E-state index contributed by atoms with van der Waals surface area (Å²) in [6.07, 6.45) is 7.87. The van der Waals surface area contributed by atoms with E-state index >= 15 is 0 Å². The predicted octanol–water partition coefficient (Wildman–Crippen LogP) is 3.05. The molecule has 2 fully saturated rings. The van der Waals surface area contributed by atoms with Gasteiger partial charge in [-0.3, -0.25) is 4.99 Å². The average molecular weight is 282 g/mol. The zero-order chi connectivity index (χ0) is 13.1. The first-order valence-corrected chi connectivity index (χ1v) is 8.86. The van der Waals surface area contributed by atoms with Crippen LogP contribution in [0.2, 0.25) is 0 Å². The molecule has 0 bridgehead atoms. The zero-order valence-electron chi connectivity index (χ0n) is 11.9. The molecule has 19 heavy (non-hydrogen) atoms. The summed E-state index contributed by atoms with van der Waals surface area (Å²) in [6.45, 7) is 4.17. The second-order valence-corrected chi connectivity index (χ2v) is 7.25. The Morgan fingerprint density at radius 2 is 2.00 bits per heavy atom.